The van der Waals surface area contributed by atoms with Gasteiger partial charge in [-0.05, 0) is 61.9 Å². The van der Waals surface area contributed by atoms with Crippen LogP contribution in [0.2, 0.25) is 0 Å². The summed E-state index contributed by atoms with van der Waals surface area (Å²) < 4.78 is 5.18. The Balaban J connectivity index is 1.59. The lowest BCUT2D eigenvalue weighted by molar-refractivity contribution is -0.115. The van der Waals surface area contributed by atoms with E-state index in [1.54, 1.807) is 31.2 Å². The predicted molar refractivity (Wildman–Crippen MR) is 110 cm³/mol. The number of hydrogen-bond donors (Lipinski definition) is 2. The van der Waals surface area contributed by atoms with Crippen LogP contribution in [0.5, 0.6) is 5.75 Å². The van der Waals surface area contributed by atoms with Crippen LogP contribution in [0.25, 0.3) is 0 Å². The van der Waals surface area contributed by atoms with Crippen LogP contribution in [0, 0.1) is 0 Å². The fraction of sp³-hybridized carbons (Fsp3) is 0.318. The molecule has 0 unspecified atom stereocenters. The van der Waals surface area contributed by atoms with Crippen LogP contribution in [-0.2, 0) is 17.6 Å². The molecule has 0 radical (unpaired) electrons. The van der Waals surface area contributed by atoms with E-state index in [9.17, 15) is 9.59 Å². The summed E-state index contributed by atoms with van der Waals surface area (Å²) in [4.78, 5) is 24.7. The van der Waals surface area contributed by atoms with Gasteiger partial charge < -0.3 is 10.1 Å². The van der Waals surface area contributed by atoms with Crippen molar-refractivity contribution >= 4 is 23.2 Å². The molecule has 0 atom stereocenters. The van der Waals surface area contributed by atoms with Crippen LogP contribution in [0.15, 0.2) is 47.6 Å². The van der Waals surface area contributed by atoms with Gasteiger partial charge in [-0.2, -0.15) is 5.10 Å². The number of methoxy groups -OCH3 is 1. The van der Waals surface area contributed by atoms with Crippen molar-refractivity contribution < 1.29 is 14.3 Å². The Bertz CT molecular complexity index is 906. The Labute approximate surface area is 165 Å². The third-order valence-electron chi connectivity index (χ3n) is 4.79. The number of rotatable bonds is 6. The maximum atomic E-state index is 12.4. The molecule has 0 saturated carbocycles. The van der Waals surface area contributed by atoms with E-state index < -0.39 is 0 Å². The number of anilines is 1. The summed E-state index contributed by atoms with van der Waals surface area (Å²) in [6.07, 6.45) is 4.51. The van der Waals surface area contributed by atoms with Gasteiger partial charge in [-0.1, -0.05) is 24.3 Å². The lowest BCUT2D eigenvalue weighted by Crippen LogP contribution is -2.22. The molecule has 0 aliphatic heterocycles. The zero-order valence-electron chi connectivity index (χ0n) is 16.2. The summed E-state index contributed by atoms with van der Waals surface area (Å²) >= 11 is 0. The Morgan fingerprint density at radius 2 is 1.86 bits per heavy atom. The molecule has 146 valence electrons. The van der Waals surface area contributed by atoms with Gasteiger partial charge in [0.25, 0.3) is 5.91 Å². The fourth-order valence-corrected chi connectivity index (χ4v) is 3.40. The lowest BCUT2D eigenvalue weighted by atomic mass is 9.90. The minimum atomic E-state index is -0.380. The molecule has 0 heterocycles. The summed E-state index contributed by atoms with van der Waals surface area (Å²) in [5.41, 5.74) is 6.83. The quantitative estimate of drug-likeness (QED) is 0.593. The Hall–Kier alpha value is -3.15. The summed E-state index contributed by atoms with van der Waals surface area (Å²) in [7, 11) is 1.51. The summed E-state index contributed by atoms with van der Waals surface area (Å²) in [6, 6.07) is 13.0. The van der Waals surface area contributed by atoms with Crippen LogP contribution < -0.4 is 15.5 Å². The zero-order chi connectivity index (χ0) is 19.9. The molecule has 0 bridgehead atoms. The van der Waals surface area contributed by atoms with E-state index in [2.05, 4.69) is 21.9 Å². The Morgan fingerprint density at radius 3 is 2.68 bits per heavy atom. The standard InChI is InChI=1S/C22H25N3O3/c1-15(24-25-22(27)18-11-5-6-13-20(18)28-2)14-21(26)23-19-12-7-9-16-8-3-4-10-17(16)19/h5-7,9,11-13H,3-4,8,10,14H2,1-2H3,(H,23,26)(H,25,27)/b24-15+. The average molecular weight is 379 g/mol. The van der Waals surface area contributed by atoms with E-state index in [0.717, 1.165) is 24.9 Å². The first-order valence-electron chi connectivity index (χ1n) is 9.45. The van der Waals surface area contributed by atoms with Gasteiger partial charge in [0, 0.05) is 11.4 Å². The first-order chi connectivity index (χ1) is 13.6. The van der Waals surface area contributed by atoms with Gasteiger partial charge in [0.1, 0.15) is 5.75 Å². The first kappa shape index (κ1) is 19.6. The maximum absolute atomic E-state index is 12.4. The molecule has 2 aromatic rings. The van der Waals surface area contributed by atoms with Crippen molar-refractivity contribution in [1.82, 2.24) is 5.43 Å². The molecule has 3 rings (SSSR count). The molecule has 2 amide bonds. The van der Waals surface area contributed by atoms with Gasteiger partial charge in [-0.25, -0.2) is 5.43 Å². The van der Waals surface area contributed by atoms with Gasteiger partial charge >= 0.3 is 0 Å². The minimum Gasteiger partial charge on any atom is -0.496 e. The molecule has 6 nitrogen and oxygen atoms in total. The smallest absolute Gasteiger partial charge is 0.275 e. The molecular formula is C22H25N3O3. The van der Waals surface area contributed by atoms with Crippen LogP contribution in [0.1, 0.15) is 47.7 Å². The average Bonchev–Trinajstić information content (AvgIpc) is 2.72. The molecule has 1 aliphatic carbocycles. The molecule has 0 fully saturated rings. The lowest BCUT2D eigenvalue weighted by Gasteiger charge is -2.19. The Morgan fingerprint density at radius 1 is 1.07 bits per heavy atom. The predicted octanol–water partition coefficient (Wildman–Crippen LogP) is 3.71. The number of hydrazone groups is 1. The van der Waals surface area contributed by atoms with Gasteiger partial charge in [0.2, 0.25) is 5.91 Å². The van der Waals surface area contributed by atoms with Crippen molar-refractivity contribution in [2.24, 2.45) is 5.10 Å². The second-order valence-corrected chi connectivity index (χ2v) is 6.86. The molecule has 0 spiro atoms. The topological polar surface area (TPSA) is 79.8 Å². The van der Waals surface area contributed by atoms with E-state index in [0.29, 0.717) is 17.0 Å². The molecule has 1 aliphatic rings. The highest BCUT2D eigenvalue weighted by Crippen LogP contribution is 2.27. The number of fused-ring (bicyclic) bond motifs is 1. The number of nitrogens with zero attached hydrogens (tertiary/aromatic N) is 1. The number of para-hydroxylation sites is 1. The van der Waals surface area contributed by atoms with Gasteiger partial charge in [-0.3, -0.25) is 9.59 Å². The van der Waals surface area contributed by atoms with Gasteiger partial charge in [-0.15, -0.1) is 0 Å². The summed E-state index contributed by atoms with van der Waals surface area (Å²) in [5, 5.41) is 7.03. The minimum absolute atomic E-state index is 0.107. The zero-order valence-corrected chi connectivity index (χ0v) is 16.2. The van der Waals surface area contributed by atoms with Crippen molar-refractivity contribution in [3.05, 3.63) is 59.2 Å². The fourth-order valence-electron chi connectivity index (χ4n) is 3.40. The number of carbonyl (C=O) groups excluding carboxylic acids is 2. The molecule has 2 aromatic carbocycles. The number of amides is 2. The van der Waals surface area contributed by atoms with E-state index in [-0.39, 0.29) is 18.2 Å². The highest BCUT2D eigenvalue weighted by molar-refractivity contribution is 6.06. The van der Waals surface area contributed by atoms with Crippen LogP contribution >= 0.6 is 0 Å². The van der Waals surface area contributed by atoms with Crippen molar-refractivity contribution in [3.8, 4) is 5.75 Å². The summed E-state index contributed by atoms with van der Waals surface area (Å²) in [6.45, 7) is 1.71. The van der Waals surface area contributed by atoms with Crippen molar-refractivity contribution in [3.63, 3.8) is 0 Å². The number of ether oxygens (including phenoxy) is 1. The van der Waals surface area contributed by atoms with E-state index in [1.165, 1.54) is 24.7 Å². The Kier molecular flexibility index (Phi) is 6.42. The SMILES string of the molecule is COc1ccccc1C(=O)N/N=C(\C)CC(=O)Nc1cccc2c1CCCC2. The highest BCUT2D eigenvalue weighted by Gasteiger charge is 2.15. The number of benzene rings is 2. The molecule has 0 saturated heterocycles. The van der Waals surface area contributed by atoms with E-state index in [4.69, 9.17) is 4.74 Å². The number of carbonyl (C=O) groups is 2. The number of hydrogen-bond acceptors (Lipinski definition) is 4. The highest BCUT2D eigenvalue weighted by atomic mass is 16.5. The normalized spacial score (nSPS) is 13.4. The van der Waals surface area contributed by atoms with Crippen molar-refractivity contribution in [1.29, 1.82) is 0 Å². The first-order valence-corrected chi connectivity index (χ1v) is 9.45. The van der Waals surface area contributed by atoms with Crippen LogP contribution in [0.3, 0.4) is 0 Å². The van der Waals surface area contributed by atoms with E-state index in [1.807, 2.05) is 12.1 Å². The third-order valence-corrected chi connectivity index (χ3v) is 4.79. The van der Waals surface area contributed by atoms with Crippen molar-refractivity contribution in [2.75, 3.05) is 12.4 Å². The largest absolute Gasteiger partial charge is 0.496 e. The number of aryl methyl sites for hydroxylation is 1. The molecule has 28 heavy (non-hydrogen) atoms. The molecular weight excluding hydrogens is 354 g/mol. The van der Waals surface area contributed by atoms with E-state index >= 15 is 0 Å². The van der Waals surface area contributed by atoms with Crippen LogP contribution in [-0.4, -0.2) is 24.6 Å². The third kappa shape index (κ3) is 4.76. The second-order valence-electron chi connectivity index (χ2n) is 6.86. The maximum Gasteiger partial charge on any atom is 0.275 e. The monoisotopic (exact) mass is 379 g/mol. The molecule has 2 N–H and O–H groups in total. The number of nitrogens with one attached hydrogen (secondary N) is 2. The molecule has 6 heteroatoms. The van der Waals surface area contributed by atoms with Crippen molar-refractivity contribution in [2.45, 2.75) is 39.0 Å². The molecule has 0 aromatic heterocycles. The second kappa shape index (κ2) is 9.17. The van der Waals surface area contributed by atoms with Gasteiger partial charge in [0.05, 0.1) is 19.1 Å². The van der Waals surface area contributed by atoms with Gasteiger partial charge in [0.15, 0.2) is 0 Å². The summed E-state index contributed by atoms with van der Waals surface area (Å²) in [5.74, 6) is -0.0550. The van der Waals surface area contributed by atoms with Crippen LogP contribution in [0.4, 0.5) is 5.69 Å².